The summed E-state index contributed by atoms with van der Waals surface area (Å²) in [6, 6.07) is 4.06. The van der Waals surface area contributed by atoms with Crippen LogP contribution in [0.5, 0.6) is 0 Å². The summed E-state index contributed by atoms with van der Waals surface area (Å²) in [6.45, 7) is 5.05. The number of hydrogen-bond donors (Lipinski definition) is 1. The summed E-state index contributed by atoms with van der Waals surface area (Å²) in [5, 5.41) is 2.85. The quantitative estimate of drug-likeness (QED) is 0.831. The van der Waals surface area contributed by atoms with Gasteiger partial charge in [-0.2, -0.15) is 0 Å². The van der Waals surface area contributed by atoms with Gasteiger partial charge in [0.15, 0.2) is 0 Å². The van der Waals surface area contributed by atoms with Crippen LogP contribution in [0, 0.1) is 5.82 Å². The smallest absolute Gasteiger partial charge is 0.252 e. The Kier molecular flexibility index (Phi) is 5.94. The van der Waals surface area contributed by atoms with E-state index >= 15 is 0 Å². The lowest BCUT2D eigenvalue weighted by molar-refractivity contribution is 0.0374. The van der Waals surface area contributed by atoms with Crippen molar-refractivity contribution in [2.75, 3.05) is 39.4 Å². The number of morpholine rings is 1. The molecule has 1 N–H and O–H groups in total. The fraction of sp³-hybridized carbons (Fsp3) is 0.500. The maximum absolute atomic E-state index is 12.9. The van der Waals surface area contributed by atoms with Gasteiger partial charge >= 0.3 is 0 Å². The number of benzene rings is 1. The van der Waals surface area contributed by atoms with E-state index < -0.39 is 0 Å². The number of carbonyl (C=O) groups excluding carboxylic acids is 1. The van der Waals surface area contributed by atoms with Crippen molar-refractivity contribution in [3.63, 3.8) is 0 Å². The van der Waals surface area contributed by atoms with E-state index in [0.29, 0.717) is 16.6 Å². The molecule has 110 valence electrons. The standard InChI is InChI=1S/C14H18BrFN2O2/c15-13-10-11(16)2-3-12(13)14(19)17-4-1-5-18-6-8-20-9-7-18/h2-3,10H,1,4-9H2,(H,17,19). The van der Waals surface area contributed by atoms with E-state index in [-0.39, 0.29) is 11.7 Å². The van der Waals surface area contributed by atoms with E-state index in [1.165, 1.54) is 18.2 Å². The number of amides is 1. The highest BCUT2D eigenvalue weighted by atomic mass is 79.9. The maximum atomic E-state index is 12.9. The largest absolute Gasteiger partial charge is 0.379 e. The Bertz CT molecular complexity index is 464. The Labute approximate surface area is 126 Å². The van der Waals surface area contributed by atoms with Gasteiger partial charge in [0.2, 0.25) is 0 Å². The van der Waals surface area contributed by atoms with Crippen molar-refractivity contribution in [1.82, 2.24) is 10.2 Å². The Balaban J connectivity index is 1.72. The van der Waals surface area contributed by atoms with Gasteiger partial charge in [-0.3, -0.25) is 9.69 Å². The molecule has 0 spiro atoms. The van der Waals surface area contributed by atoms with E-state index in [4.69, 9.17) is 4.74 Å². The lowest BCUT2D eigenvalue weighted by atomic mass is 10.2. The molecule has 1 aliphatic heterocycles. The highest BCUT2D eigenvalue weighted by molar-refractivity contribution is 9.10. The minimum Gasteiger partial charge on any atom is -0.379 e. The highest BCUT2D eigenvalue weighted by Gasteiger charge is 2.12. The average Bonchev–Trinajstić information content (AvgIpc) is 2.44. The number of ether oxygens (including phenoxy) is 1. The second-order valence-electron chi connectivity index (χ2n) is 4.69. The molecule has 1 aromatic rings. The van der Waals surface area contributed by atoms with Crippen LogP contribution in [0.3, 0.4) is 0 Å². The van der Waals surface area contributed by atoms with Crippen molar-refractivity contribution >= 4 is 21.8 Å². The molecule has 1 amide bonds. The number of nitrogens with one attached hydrogen (secondary N) is 1. The van der Waals surface area contributed by atoms with Crippen LogP contribution in [-0.4, -0.2) is 50.2 Å². The van der Waals surface area contributed by atoms with E-state index in [1.54, 1.807) is 0 Å². The number of halogens is 2. The summed E-state index contributed by atoms with van der Waals surface area (Å²) in [4.78, 5) is 14.3. The summed E-state index contributed by atoms with van der Waals surface area (Å²) in [5.74, 6) is -0.542. The summed E-state index contributed by atoms with van der Waals surface area (Å²) in [5.41, 5.74) is 0.456. The molecule has 1 aromatic carbocycles. The molecule has 0 bridgehead atoms. The first-order valence-corrected chi connectivity index (χ1v) is 7.49. The van der Waals surface area contributed by atoms with E-state index in [9.17, 15) is 9.18 Å². The molecular weight excluding hydrogens is 327 g/mol. The van der Waals surface area contributed by atoms with E-state index in [2.05, 4.69) is 26.1 Å². The van der Waals surface area contributed by atoms with Crippen molar-refractivity contribution in [2.45, 2.75) is 6.42 Å². The van der Waals surface area contributed by atoms with Crippen molar-refractivity contribution in [3.8, 4) is 0 Å². The normalized spacial score (nSPS) is 16.1. The zero-order valence-corrected chi connectivity index (χ0v) is 12.8. The van der Waals surface area contributed by atoms with E-state index in [1.807, 2.05) is 0 Å². The predicted octanol–water partition coefficient (Wildman–Crippen LogP) is 2.04. The first kappa shape index (κ1) is 15.4. The van der Waals surface area contributed by atoms with Gasteiger partial charge in [-0.1, -0.05) is 0 Å². The first-order chi connectivity index (χ1) is 9.66. The lowest BCUT2D eigenvalue weighted by Gasteiger charge is -2.26. The molecule has 0 unspecified atom stereocenters. The topological polar surface area (TPSA) is 41.6 Å². The summed E-state index contributed by atoms with van der Waals surface area (Å²) < 4.78 is 18.7. The molecule has 2 rings (SSSR count). The van der Waals surface area contributed by atoms with Gasteiger partial charge in [0.1, 0.15) is 5.82 Å². The third-order valence-electron chi connectivity index (χ3n) is 3.22. The number of rotatable bonds is 5. The number of carbonyl (C=O) groups is 1. The molecule has 0 radical (unpaired) electrons. The average molecular weight is 345 g/mol. The molecule has 1 heterocycles. The minimum atomic E-state index is -0.360. The second kappa shape index (κ2) is 7.71. The van der Waals surface area contributed by atoms with Gasteiger partial charge in [0, 0.05) is 24.1 Å². The molecule has 1 aliphatic rings. The molecule has 6 heteroatoms. The van der Waals surface area contributed by atoms with Crippen LogP contribution in [0.2, 0.25) is 0 Å². The van der Waals surface area contributed by atoms with Crippen LogP contribution in [0.4, 0.5) is 4.39 Å². The molecule has 0 aromatic heterocycles. The molecule has 1 fully saturated rings. The Morgan fingerprint density at radius 3 is 2.85 bits per heavy atom. The Morgan fingerprint density at radius 1 is 1.40 bits per heavy atom. The van der Waals surface area contributed by atoms with Gasteiger partial charge in [-0.05, 0) is 47.1 Å². The second-order valence-corrected chi connectivity index (χ2v) is 5.54. The van der Waals surface area contributed by atoms with Crippen LogP contribution in [0.15, 0.2) is 22.7 Å². The zero-order valence-electron chi connectivity index (χ0n) is 11.2. The monoisotopic (exact) mass is 344 g/mol. The van der Waals surface area contributed by atoms with Gasteiger partial charge < -0.3 is 10.1 Å². The molecule has 0 saturated carbocycles. The maximum Gasteiger partial charge on any atom is 0.252 e. The predicted molar refractivity (Wildman–Crippen MR) is 78.3 cm³/mol. The molecule has 0 aliphatic carbocycles. The van der Waals surface area contributed by atoms with Crippen LogP contribution in [-0.2, 0) is 4.74 Å². The highest BCUT2D eigenvalue weighted by Crippen LogP contribution is 2.17. The van der Waals surface area contributed by atoms with Gasteiger partial charge in [0.05, 0.1) is 18.8 Å². The fourth-order valence-electron chi connectivity index (χ4n) is 2.10. The van der Waals surface area contributed by atoms with Gasteiger partial charge in [-0.25, -0.2) is 4.39 Å². The van der Waals surface area contributed by atoms with Gasteiger partial charge in [-0.15, -0.1) is 0 Å². The third-order valence-corrected chi connectivity index (χ3v) is 3.87. The lowest BCUT2D eigenvalue weighted by Crippen LogP contribution is -2.38. The summed E-state index contributed by atoms with van der Waals surface area (Å²) >= 11 is 3.20. The molecule has 4 nitrogen and oxygen atoms in total. The first-order valence-electron chi connectivity index (χ1n) is 6.70. The Hall–Kier alpha value is -0.980. The minimum absolute atomic E-state index is 0.182. The van der Waals surface area contributed by atoms with Crippen molar-refractivity contribution < 1.29 is 13.9 Å². The number of hydrogen-bond acceptors (Lipinski definition) is 3. The van der Waals surface area contributed by atoms with Crippen LogP contribution in [0.25, 0.3) is 0 Å². The SMILES string of the molecule is O=C(NCCCN1CCOCC1)c1ccc(F)cc1Br. The third kappa shape index (κ3) is 4.54. The van der Waals surface area contributed by atoms with Crippen LogP contribution >= 0.6 is 15.9 Å². The Morgan fingerprint density at radius 2 is 2.15 bits per heavy atom. The molecule has 20 heavy (non-hydrogen) atoms. The van der Waals surface area contributed by atoms with Crippen LogP contribution in [0.1, 0.15) is 16.8 Å². The van der Waals surface area contributed by atoms with E-state index in [0.717, 1.165) is 39.3 Å². The number of nitrogens with zero attached hydrogens (tertiary/aromatic N) is 1. The zero-order chi connectivity index (χ0) is 14.4. The van der Waals surface area contributed by atoms with Gasteiger partial charge in [0.25, 0.3) is 5.91 Å². The molecule has 0 atom stereocenters. The molecule has 1 saturated heterocycles. The van der Waals surface area contributed by atoms with Crippen molar-refractivity contribution in [2.24, 2.45) is 0 Å². The van der Waals surface area contributed by atoms with Crippen LogP contribution < -0.4 is 5.32 Å². The van der Waals surface area contributed by atoms with Crippen molar-refractivity contribution in [3.05, 3.63) is 34.1 Å². The summed E-state index contributed by atoms with van der Waals surface area (Å²) in [6.07, 6.45) is 0.893. The van der Waals surface area contributed by atoms with Crippen molar-refractivity contribution in [1.29, 1.82) is 0 Å². The summed E-state index contributed by atoms with van der Waals surface area (Å²) in [7, 11) is 0. The fourth-order valence-corrected chi connectivity index (χ4v) is 2.63. The molecular formula is C14H18BrFN2O2.